The first kappa shape index (κ1) is 18.8. The molecule has 0 fully saturated rings. The predicted octanol–water partition coefficient (Wildman–Crippen LogP) is 1.91. The molecule has 0 saturated carbocycles. The topological polar surface area (TPSA) is 104 Å². The second-order valence-corrected chi connectivity index (χ2v) is 8.76. The number of amidine groups is 1. The molecule has 4 rings (SSSR count). The third-order valence-corrected chi connectivity index (χ3v) is 6.07. The van der Waals surface area contributed by atoms with Crippen molar-refractivity contribution in [1.29, 1.82) is 0 Å². The molecule has 28 heavy (non-hydrogen) atoms. The fourth-order valence-corrected chi connectivity index (χ4v) is 4.11. The first-order chi connectivity index (χ1) is 13.2. The summed E-state index contributed by atoms with van der Waals surface area (Å²) in [5, 5.41) is 0. The minimum Gasteiger partial charge on any atom is -0.612 e. The summed E-state index contributed by atoms with van der Waals surface area (Å²) < 4.78 is 17.3. The molecule has 3 aliphatic rings. The molecular formula is C20H19N3O4S. The molecule has 8 heteroatoms. The summed E-state index contributed by atoms with van der Waals surface area (Å²) in [5.41, 5.74) is 0.970. The maximum Gasteiger partial charge on any atom is 0.184 e. The van der Waals surface area contributed by atoms with E-state index >= 15 is 0 Å². The van der Waals surface area contributed by atoms with Crippen LogP contribution >= 0.6 is 0 Å². The molecule has 2 heterocycles. The van der Waals surface area contributed by atoms with Crippen molar-refractivity contribution in [2.45, 2.75) is 30.7 Å². The fraction of sp³-hybridized carbons (Fsp3) is 0.350. The molecule has 2 atom stereocenters. The van der Waals surface area contributed by atoms with Gasteiger partial charge in [0.25, 0.3) is 0 Å². The van der Waals surface area contributed by atoms with Gasteiger partial charge in [-0.2, -0.15) is 0 Å². The molecule has 1 aromatic carbocycles. The summed E-state index contributed by atoms with van der Waals surface area (Å²) in [7, 11) is 1.52. The van der Waals surface area contributed by atoms with E-state index in [0.29, 0.717) is 33.3 Å². The van der Waals surface area contributed by atoms with Crippen LogP contribution in [0.4, 0.5) is 0 Å². The minimum atomic E-state index is -1.19. The molecule has 0 radical (unpaired) electrons. The van der Waals surface area contributed by atoms with E-state index in [1.807, 2.05) is 0 Å². The molecule has 0 amide bonds. The SMILES string of the molecule is COc1ccc([S+](C)[O-])cc1C1=NC2=C3C=NC(C)(C)C(=O)C3CC(=O)C2=N1. The number of Topliss-reactive ketones (excluding diaryl/α,β-unsaturated/α-hetero) is 2. The number of allylic oxidation sites excluding steroid dienone is 2. The molecular weight excluding hydrogens is 378 g/mol. The van der Waals surface area contributed by atoms with Gasteiger partial charge in [-0.1, -0.05) is 0 Å². The van der Waals surface area contributed by atoms with E-state index in [4.69, 9.17) is 4.74 Å². The molecule has 1 aromatic rings. The summed E-state index contributed by atoms with van der Waals surface area (Å²) in [4.78, 5) is 39.4. The number of rotatable bonds is 3. The maximum atomic E-state index is 12.7. The highest BCUT2D eigenvalue weighted by Crippen LogP contribution is 2.37. The number of ether oxygens (including phenoxy) is 1. The summed E-state index contributed by atoms with van der Waals surface area (Å²) in [5.74, 6) is -0.0273. The van der Waals surface area contributed by atoms with Gasteiger partial charge in [0.05, 0.1) is 18.6 Å². The van der Waals surface area contributed by atoms with E-state index in [-0.39, 0.29) is 23.7 Å². The van der Waals surface area contributed by atoms with Gasteiger partial charge in [0, 0.05) is 24.3 Å². The van der Waals surface area contributed by atoms with Crippen LogP contribution in [0.5, 0.6) is 5.75 Å². The zero-order valence-corrected chi connectivity index (χ0v) is 16.8. The standard InChI is InChI=1S/C20H19N3O4S/c1-20(2)18(25)11-8-14(24)17-16(13(11)9-21-20)22-19(23-17)12-7-10(28(4)26)5-6-15(12)27-3/h5-7,9,11H,8H2,1-4H3. The molecule has 1 aliphatic carbocycles. The van der Waals surface area contributed by atoms with Gasteiger partial charge in [-0.3, -0.25) is 14.6 Å². The van der Waals surface area contributed by atoms with Gasteiger partial charge >= 0.3 is 0 Å². The number of fused-ring (bicyclic) bond motifs is 2. The number of carbonyl (C=O) groups is 2. The molecule has 0 bridgehead atoms. The molecule has 0 spiro atoms. The monoisotopic (exact) mass is 397 g/mol. The number of nitrogens with zero attached hydrogens (tertiary/aromatic N) is 3. The van der Waals surface area contributed by atoms with Gasteiger partial charge in [0.2, 0.25) is 0 Å². The highest BCUT2D eigenvalue weighted by Gasteiger charge is 2.45. The normalized spacial score (nSPS) is 23.8. The third-order valence-electron chi connectivity index (χ3n) is 5.15. The lowest BCUT2D eigenvalue weighted by Gasteiger charge is -2.32. The van der Waals surface area contributed by atoms with Crippen LogP contribution in [-0.2, 0) is 20.8 Å². The molecule has 0 aromatic heterocycles. The van der Waals surface area contributed by atoms with Crippen molar-refractivity contribution in [2.24, 2.45) is 20.9 Å². The third kappa shape index (κ3) is 2.84. The lowest BCUT2D eigenvalue weighted by atomic mass is 9.74. The first-order valence-electron chi connectivity index (χ1n) is 8.79. The molecule has 2 aliphatic heterocycles. The molecule has 0 saturated heterocycles. The largest absolute Gasteiger partial charge is 0.612 e. The Morgan fingerprint density at radius 2 is 2.00 bits per heavy atom. The van der Waals surface area contributed by atoms with E-state index in [1.165, 1.54) is 7.11 Å². The van der Waals surface area contributed by atoms with Gasteiger partial charge in [-0.15, -0.1) is 0 Å². The van der Waals surface area contributed by atoms with Crippen molar-refractivity contribution < 1.29 is 18.9 Å². The smallest absolute Gasteiger partial charge is 0.184 e. The van der Waals surface area contributed by atoms with Crippen LogP contribution in [-0.4, -0.2) is 52.8 Å². The molecule has 0 N–H and O–H groups in total. The maximum absolute atomic E-state index is 12.7. The summed E-state index contributed by atoms with van der Waals surface area (Å²) in [6.07, 6.45) is 3.30. The average Bonchev–Trinajstić information content (AvgIpc) is 3.11. The average molecular weight is 397 g/mol. The summed E-state index contributed by atoms with van der Waals surface area (Å²) in [6, 6.07) is 5.12. The molecule has 7 nitrogen and oxygen atoms in total. The quantitative estimate of drug-likeness (QED) is 0.727. The number of methoxy groups -OCH3 is 1. The first-order valence-corrected chi connectivity index (χ1v) is 10.3. The van der Waals surface area contributed by atoms with Crippen LogP contribution in [0.1, 0.15) is 25.8 Å². The van der Waals surface area contributed by atoms with E-state index in [2.05, 4.69) is 15.0 Å². The van der Waals surface area contributed by atoms with Crippen molar-refractivity contribution in [3.8, 4) is 5.75 Å². The molecule has 2 unspecified atom stereocenters. The predicted molar refractivity (Wildman–Crippen MR) is 107 cm³/mol. The fourth-order valence-electron chi connectivity index (χ4n) is 3.56. The van der Waals surface area contributed by atoms with E-state index in [9.17, 15) is 14.1 Å². The number of hydrogen-bond donors (Lipinski definition) is 0. The summed E-state index contributed by atoms with van der Waals surface area (Å²) >= 11 is -1.19. The van der Waals surface area contributed by atoms with Crippen LogP contribution in [0.15, 0.2) is 49.3 Å². The second-order valence-electron chi connectivity index (χ2n) is 7.38. The Morgan fingerprint density at radius 1 is 1.25 bits per heavy atom. The van der Waals surface area contributed by atoms with Gasteiger partial charge in [0.15, 0.2) is 22.3 Å². The Kier molecular flexibility index (Phi) is 4.35. The highest BCUT2D eigenvalue weighted by atomic mass is 32.2. The Bertz CT molecular complexity index is 1030. The van der Waals surface area contributed by atoms with E-state index < -0.39 is 22.6 Å². The lowest BCUT2D eigenvalue weighted by molar-refractivity contribution is -0.128. The van der Waals surface area contributed by atoms with E-state index in [0.717, 1.165) is 0 Å². The van der Waals surface area contributed by atoms with Gasteiger partial charge in [-0.25, -0.2) is 9.98 Å². The van der Waals surface area contributed by atoms with Crippen LogP contribution < -0.4 is 4.74 Å². The number of ketones is 2. The Balaban J connectivity index is 1.88. The van der Waals surface area contributed by atoms with Gasteiger partial charge in [0.1, 0.15) is 29.0 Å². The Labute approximate surface area is 165 Å². The van der Waals surface area contributed by atoms with E-state index in [1.54, 1.807) is 44.5 Å². The van der Waals surface area contributed by atoms with Crippen LogP contribution in [0.2, 0.25) is 0 Å². The van der Waals surface area contributed by atoms with Crippen LogP contribution in [0.25, 0.3) is 0 Å². The number of carbonyl (C=O) groups excluding carboxylic acids is 2. The van der Waals surface area contributed by atoms with Crippen molar-refractivity contribution in [2.75, 3.05) is 13.4 Å². The zero-order valence-electron chi connectivity index (χ0n) is 16.0. The second kappa shape index (κ2) is 6.49. The summed E-state index contributed by atoms with van der Waals surface area (Å²) in [6.45, 7) is 3.48. The lowest BCUT2D eigenvalue weighted by Crippen LogP contribution is -2.44. The number of benzene rings is 1. The Morgan fingerprint density at radius 3 is 2.68 bits per heavy atom. The van der Waals surface area contributed by atoms with Crippen LogP contribution in [0.3, 0.4) is 0 Å². The van der Waals surface area contributed by atoms with Gasteiger partial charge < -0.3 is 9.29 Å². The van der Waals surface area contributed by atoms with Crippen molar-refractivity contribution in [1.82, 2.24) is 0 Å². The van der Waals surface area contributed by atoms with Crippen LogP contribution in [0, 0.1) is 5.92 Å². The number of aliphatic imine (C=N–C) groups is 3. The Hall–Kier alpha value is -2.58. The van der Waals surface area contributed by atoms with Gasteiger partial charge in [-0.05, 0) is 37.2 Å². The van der Waals surface area contributed by atoms with Crippen molar-refractivity contribution >= 4 is 40.5 Å². The zero-order chi connectivity index (χ0) is 20.2. The minimum absolute atomic E-state index is 0.0743. The van der Waals surface area contributed by atoms with Crippen molar-refractivity contribution in [3.05, 3.63) is 35.0 Å². The highest BCUT2D eigenvalue weighted by molar-refractivity contribution is 7.90. The van der Waals surface area contributed by atoms with Crippen molar-refractivity contribution in [3.63, 3.8) is 0 Å². The number of hydrogen-bond acceptors (Lipinski definition) is 7. The molecule has 144 valence electrons.